The Bertz CT molecular complexity index is 945. The summed E-state index contributed by atoms with van der Waals surface area (Å²) in [7, 11) is 1.92. The first-order valence-corrected chi connectivity index (χ1v) is 7.16. The van der Waals surface area contributed by atoms with Gasteiger partial charge in [0.1, 0.15) is 5.69 Å². The van der Waals surface area contributed by atoms with Crippen LogP contribution in [0, 0.1) is 0 Å². The van der Waals surface area contributed by atoms with E-state index in [1.165, 1.54) is 0 Å². The molecule has 0 unspecified atom stereocenters. The molecule has 0 saturated heterocycles. The molecule has 0 fully saturated rings. The van der Waals surface area contributed by atoms with Crippen molar-refractivity contribution in [3.63, 3.8) is 0 Å². The van der Waals surface area contributed by atoms with Crippen molar-refractivity contribution in [3.8, 4) is 11.5 Å². The van der Waals surface area contributed by atoms with Gasteiger partial charge in [-0.25, -0.2) is 4.98 Å². The lowest BCUT2D eigenvalue weighted by Crippen LogP contribution is -1.90. The Hall–Kier alpha value is -2.04. The predicted octanol–water partition coefficient (Wildman–Crippen LogP) is 4.42. The fourth-order valence-corrected chi connectivity index (χ4v) is 2.83. The van der Waals surface area contributed by atoms with Crippen LogP contribution in [0.1, 0.15) is 0 Å². The van der Waals surface area contributed by atoms with Crippen molar-refractivity contribution in [2.24, 2.45) is 7.05 Å². The molecule has 21 heavy (non-hydrogen) atoms. The van der Waals surface area contributed by atoms with Gasteiger partial charge in [0, 0.05) is 12.4 Å². The number of nitrogens with one attached hydrogen (secondary N) is 1. The first-order valence-electron chi connectivity index (χ1n) is 6.40. The molecule has 0 amide bonds. The molecule has 2 aromatic heterocycles. The Kier molecular flexibility index (Phi) is 2.71. The summed E-state index contributed by atoms with van der Waals surface area (Å²) in [4.78, 5) is 7.83. The molecule has 0 saturated carbocycles. The number of nitrogens with zero attached hydrogens (tertiary/aromatic N) is 3. The molecule has 0 aliphatic heterocycles. The van der Waals surface area contributed by atoms with Crippen LogP contribution in [0.15, 0.2) is 36.4 Å². The van der Waals surface area contributed by atoms with E-state index in [1.807, 2.05) is 36.0 Å². The van der Waals surface area contributed by atoms with Crippen molar-refractivity contribution < 1.29 is 0 Å². The molecule has 4 nitrogen and oxygen atoms in total. The molecular weight excluding hydrogens is 307 g/mol. The molecule has 2 aromatic carbocycles. The standard InChI is InChI=1S/C15H10Cl2N4/c1-21-13-5-3-2-4-8(13)14(20-21)15-18-11-6-9(16)10(17)7-12(11)19-15/h2-7H,1H3,(H,18,19). The molecule has 0 bridgehead atoms. The van der Waals surface area contributed by atoms with Crippen molar-refractivity contribution >= 4 is 45.1 Å². The van der Waals surface area contributed by atoms with Crippen LogP contribution in [0.3, 0.4) is 0 Å². The number of rotatable bonds is 1. The van der Waals surface area contributed by atoms with Crippen LogP contribution < -0.4 is 0 Å². The third-order valence-corrected chi connectivity index (χ3v) is 4.23. The maximum atomic E-state index is 6.04. The highest BCUT2D eigenvalue weighted by atomic mass is 35.5. The third-order valence-electron chi connectivity index (χ3n) is 3.51. The second-order valence-electron chi connectivity index (χ2n) is 4.86. The Morgan fingerprint density at radius 2 is 1.86 bits per heavy atom. The van der Waals surface area contributed by atoms with Crippen molar-refractivity contribution in [3.05, 3.63) is 46.4 Å². The van der Waals surface area contributed by atoms with E-state index in [2.05, 4.69) is 15.1 Å². The number of aromatic amines is 1. The second-order valence-corrected chi connectivity index (χ2v) is 5.67. The van der Waals surface area contributed by atoms with E-state index < -0.39 is 0 Å². The number of hydrogen-bond acceptors (Lipinski definition) is 2. The highest BCUT2D eigenvalue weighted by Gasteiger charge is 2.14. The van der Waals surface area contributed by atoms with Crippen LogP contribution >= 0.6 is 23.2 Å². The Morgan fingerprint density at radius 1 is 1.10 bits per heavy atom. The average Bonchev–Trinajstić information content (AvgIpc) is 3.01. The van der Waals surface area contributed by atoms with Crippen LogP contribution in [0.2, 0.25) is 10.0 Å². The van der Waals surface area contributed by atoms with E-state index in [1.54, 1.807) is 12.1 Å². The summed E-state index contributed by atoms with van der Waals surface area (Å²) in [6.45, 7) is 0. The van der Waals surface area contributed by atoms with Gasteiger partial charge >= 0.3 is 0 Å². The summed E-state index contributed by atoms with van der Waals surface area (Å²) >= 11 is 12.1. The van der Waals surface area contributed by atoms with Gasteiger partial charge in [-0.1, -0.05) is 41.4 Å². The van der Waals surface area contributed by atoms with Gasteiger partial charge in [0.15, 0.2) is 5.82 Å². The molecule has 0 spiro atoms. The van der Waals surface area contributed by atoms with Crippen molar-refractivity contribution in [1.29, 1.82) is 0 Å². The van der Waals surface area contributed by atoms with E-state index >= 15 is 0 Å². The number of imidazole rings is 1. The molecule has 4 rings (SSSR count). The zero-order chi connectivity index (χ0) is 14.6. The molecule has 0 radical (unpaired) electrons. The van der Waals surface area contributed by atoms with E-state index in [4.69, 9.17) is 23.2 Å². The maximum Gasteiger partial charge on any atom is 0.159 e. The summed E-state index contributed by atoms with van der Waals surface area (Å²) in [5, 5.41) is 6.61. The lowest BCUT2D eigenvalue weighted by molar-refractivity contribution is 0.798. The number of benzene rings is 2. The first-order chi connectivity index (χ1) is 10.1. The lowest BCUT2D eigenvalue weighted by atomic mass is 10.2. The van der Waals surface area contributed by atoms with Crippen LogP contribution in [0.5, 0.6) is 0 Å². The fourth-order valence-electron chi connectivity index (χ4n) is 2.51. The molecule has 1 N–H and O–H groups in total. The summed E-state index contributed by atoms with van der Waals surface area (Å²) in [5.74, 6) is 0.708. The number of aryl methyl sites for hydroxylation is 1. The number of para-hydroxylation sites is 1. The van der Waals surface area contributed by atoms with Crippen molar-refractivity contribution in [2.75, 3.05) is 0 Å². The first kappa shape index (κ1) is 12.7. The van der Waals surface area contributed by atoms with Crippen molar-refractivity contribution in [2.45, 2.75) is 0 Å². The number of halogens is 2. The van der Waals surface area contributed by atoms with Gasteiger partial charge in [0.2, 0.25) is 0 Å². The number of fused-ring (bicyclic) bond motifs is 2. The van der Waals surface area contributed by atoms with Gasteiger partial charge in [-0.15, -0.1) is 0 Å². The van der Waals surface area contributed by atoms with E-state index in [9.17, 15) is 0 Å². The molecule has 0 aliphatic rings. The molecule has 0 aliphatic carbocycles. The van der Waals surface area contributed by atoms with E-state index in [-0.39, 0.29) is 0 Å². The number of aromatic nitrogens is 4. The normalized spacial score (nSPS) is 11.6. The smallest absolute Gasteiger partial charge is 0.159 e. The quantitative estimate of drug-likeness (QED) is 0.565. The summed E-state index contributed by atoms with van der Waals surface area (Å²) in [6, 6.07) is 11.6. The minimum Gasteiger partial charge on any atom is -0.337 e. The Morgan fingerprint density at radius 3 is 2.71 bits per heavy atom. The third kappa shape index (κ3) is 1.91. The summed E-state index contributed by atoms with van der Waals surface area (Å²) in [6.07, 6.45) is 0. The van der Waals surface area contributed by atoms with E-state index in [0.717, 1.165) is 27.6 Å². The molecule has 4 aromatic rings. The highest BCUT2D eigenvalue weighted by molar-refractivity contribution is 6.42. The molecular formula is C15H10Cl2N4. The zero-order valence-electron chi connectivity index (χ0n) is 11.1. The molecule has 6 heteroatoms. The molecule has 0 atom stereocenters. The Labute approximate surface area is 130 Å². The van der Waals surface area contributed by atoms with Gasteiger partial charge in [-0.2, -0.15) is 5.10 Å². The van der Waals surface area contributed by atoms with Crippen molar-refractivity contribution in [1.82, 2.24) is 19.7 Å². The average molecular weight is 317 g/mol. The number of hydrogen-bond donors (Lipinski definition) is 1. The highest BCUT2D eigenvalue weighted by Crippen LogP contribution is 2.30. The Balaban J connectivity index is 2.00. The topological polar surface area (TPSA) is 46.5 Å². The molecule has 104 valence electrons. The second kappa shape index (κ2) is 4.48. The monoisotopic (exact) mass is 316 g/mol. The lowest BCUT2D eigenvalue weighted by Gasteiger charge is -1.93. The SMILES string of the molecule is Cn1nc(-c2nc3cc(Cl)c(Cl)cc3[nH]2)c2ccccc21. The zero-order valence-corrected chi connectivity index (χ0v) is 12.6. The summed E-state index contributed by atoms with van der Waals surface area (Å²) < 4.78 is 1.85. The van der Waals surface area contributed by atoms with Gasteiger partial charge in [0.25, 0.3) is 0 Å². The van der Waals surface area contributed by atoms with Crippen LogP contribution in [0.25, 0.3) is 33.5 Å². The van der Waals surface area contributed by atoms with Gasteiger partial charge < -0.3 is 4.98 Å². The predicted molar refractivity (Wildman–Crippen MR) is 85.8 cm³/mol. The van der Waals surface area contributed by atoms with Crippen LogP contribution in [-0.4, -0.2) is 19.7 Å². The van der Waals surface area contributed by atoms with E-state index in [0.29, 0.717) is 15.9 Å². The van der Waals surface area contributed by atoms with Gasteiger partial charge in [0.05, 0.1) is 26.6 Å². The van der Waals surface area contributed by atoms with Crippen LogP contribution in [-0.2, 0) is 7.05 Å². The minimum absolute atomic E-state index is 0.494. The number of H-pyrrole nitrogens is 1. The van der Waals surface area contributed by atoms with Gasteiger partial charge in [-0.05, 0) is 18.2 Å². The molecule has 2 heterocycles. The fraction of sp³-hybridized carbons (Fsp3) is 0.0667. The largest absolute Gasteiger partial charge is 0.337 e. The van der Waals surface area contributed by atoms with Crippen LogP contribution in [0.4, 0.5) is 0 Å². The minimum atomic E-state index is 0.494. The maximum absolute atomic E-state index is 6.04. The van der Waals surface area contributed by atoms with Gasteiger partial charge in [-0.3, -0.25) is 4.68 Å². The summed E-state index contributed by atoms with van der Waals surface area (Å²) in [5.41, 5.74) is 3.49.